The zero-order valence-electron chi connectivity index (χ0n) is 13.4. The van der Waals surface area contributed by atoms with E-state index in [-0.39, 0.29) is 12.1 Å². The Kier molecular flexibility index (Phi) is 5.96. The maximum absolute atomic E-state index is 10.3. The number of carbonyl (C=O) groups is 1. The molecule has 2 aliphatic rings. The smallest absolute Gasteiger partial charge is 0.290 e. The Hall–Kier alpha value is -1.22. The third-order valence-corrected chi connectivity index (χ3v) is 5.28. The van der Waals surface area contributed by atoms with Crippen molar-refractivity contribution in [3.8, 4) is 0 Å². The van der Waals surface area contributed by atoms with E-state index in [4.69, 9.17) is 20.4 Å². The molecular weight excluding hydrogens is 318 g/mol. The third kappa shape index (κ3) is 5.13. The minimum atomic E-state index is -0.563. The van der Waals surface area contributed by atoms with Gasteiger partial charge >= 0.3 is 0 Å². The van der Waals surface area contributed by atoms with Crippen molar-refractivity contribution in [3.63, 3.8) is 0 Å². The maximum Gasteiger partial charge on any atom is 0.290 e. The van der Waals surface area contributed by atoms with Gasteiger partial charge in [0.05, 0.1) is 17.8 Å². The number of aliphatic hydroxyl groups is 1. The second kappa shape index (κ2) is 7.57. The first-order chi connectivity index (χ1) is 10.9. The fraction of sp³-hybridized carbons (Fsp3) is 0.733. The number of nitrogens with two attached hydrogens (primary N) is 1. The van der Waals surface area contributed by atoms with E-state index in [2.05, 4.69) is 9.88 Å². The quantitative estimate of drug-likeness (QED) is 0.695. The Labute approximate surface area is 140 Å². The van der Waals surface area contributed by atoms with E-state index in [1.165, 1.54) is 4.88 Å². The van der Waals surface area contributed by atoms with Crippen LogP contribution in [0.5, 0.6) is 0 Å². The van der Waals surface area contributed by atoms with Gasteiger partial charge in [-0.15, -0.1) is 11.3 Å². The Morgan fingerprint density at radius 3 is 2.65 bits per heavy atom. The highest BCUT2D eigenvalue weighted by atomic mass is 32.1. The SMILES string of the molecule is CC1(O)CCOC2(CCN(Cc3cnc(N)s3)CC2)C1.O=CO. The summed E-state index contributed by atoms with van der Waals surface area (Å²) in [7, 11) is 0. The van der Waals surface area contributed by atoms with E-state index in [0.29, 0.717) is 11.7 Å². The number of nitrogens with zero attached hydrogens (tertiary/aromatic N) is 2. The van der Waals surface area contributed by atoms with E-state index in [1.54, 1.807) is 11.3 Å². The second-order valence-electron chi connectivity index (χ2n) is 6.50. The van der Waals surface area contributed by atoms with Gasteiger partial charge in [-0.05, 0) is 26.2 Å². The van der Waals surface area contributed by atoms with Crippen molar-refractivity contribution >= 4 is 22.9 Å². The summed E-state index contributed by atoms with van der Waals surface area (Å²) in [5, 5.41) is 17.8. The van der Waals surface area contributed by atoms with E-state index < -0.39 is 5.60 Å². The molecule has 1 aromatic heterocycles. The summed E-state index contributed by atoms with van der Waals surface area (Å²) in [5.41, 5.74) is 5.00. The number of likely N-dealkylation sites (tertiary alicyclic amines) is 1. The van der Waals surface area contributed by atoms with Crippen LogP contribution in [0.25, 0.3) is 0 Å². The number of carboxylic acid groups (broad SMARTS) is 1. The first kappa shape index (κ1) is 18.1. The molecule has 23 heavy (non-hydrogen) atoms. The number of ether oxygens (including phenoxy) is 1. The van der Waals surface area contributed by atoms with Crippen LogP contribution in [-0.2, 0) is 16.1 Å². The first-order valence-corrected chi connectivity index (χ1v) is 8.56. The predicted molar refractivity (Wildman–Crippen MR) is 88.3 cm³/mol. The van der Waals surface area contributed by atoms with Crippen LogP contribution in [0.2, 0.25) is 0 Å². The highest BCUT2D eigenvalue weighted by molar-refractivity contribution is 7.15. The molecular formula is C15H25N3O4S. The Morgan fingerprint density at radius 1 is 1.48 bits per heavy atom. The van der Waals surface area contributed by atoms with E-state index in [0.717, 1.165) is 45.3 Å². The molecule has 0 aliphatic carbocycles. The molecule has 2 aliphatic heterocycles. The average molecular weight is 343 g/mol. The zero-order valence-corrected chi connectivity index (χ0v) is 14.2. The monoisotopic (exact) mass is 343 g/mol. The van der Waals surface area contributed by atoms with Gasteiger partial charge < -0.3 is 20.7 Å². The molecule has 8 heteroatoms. The van der Waals surface area contributed by atoms with Crippen LogP contribution in [-0.4, -0.2) is 57.5 Å². The molecule has 1 unspecified atom stereocenters. The van der Waals surface area contributed by atoms with Gasteiger partial charge in [0.2, 0.25) is 0 Å². The summed E-state index contributed by atoms with van der Waals surface area (Å²) >= 11 is 1.56. The normalized spacial score (nSPS) is 27.2. The number of piperidine rings is 1. The van der Waals surface area contributed by atoms with E-state index in [1.807, 2.05) is 13.1 Å². The zero-order chi connectivity index (χ0) is 16.9. The number of hydrogen-bond donors (Lipinski definition) is 3. The molecule has 0 aromatic carbocycles. The molecule has 3 rings (SSSR count). The van der Waals surface area contributed by atoms with Gasteiger partial charge in [0, 0.05) is 37.1 Å². The van der Waals surface area contributed by atoms with E-state index in [9.17, 15) is 5.11 Å². The molecule has 2 saturated heterocycles. The topological polar surface area (TPSA) is 109 Å². The van der Waals surface area contributed by atoms with Gasteiger partial charge in [-0.2, -0.15) is 0 Å². The molecule has 1 spiro atoms. The standard InChI is InChI=1S/C14H23N3O2S.CH2O2/c1-13(18)4-7-19-14(10-13)2-5-17(6-3-14)9-11-8-16-12(15)20-11;2-1-3/h8,18H,2-7,9-10H2,1H3,(H2,15,16);1H,(H,2,3). The highest BCUT2D eigenvalue weighted by Gasteiger charge is 2.44. The summed E-state index contributed by atoms with van der Waals surface area (Å²) in [5.74, 6) is 0. The lowest BCUT2D eigenvalue weighted by atomic mass is 9.78. The fourth-order valence-corrected chi connectivity index (χ4v) is 4.10. The van der Waals surface area contributed by atoms with E-state index >= 15 is 0 Å². The first-order valence-electron chi connectivity index (χ1n) is 7.75. The molecule has 0 radical (unpaired) electrons. The van der Waals surface area contributed by atoms with Crippen LogP contribution in [0.4, 0.5) is 5.13 Å². The van der Waals surface area contributed by atoms with Crippen molar-refractivity contribution in [3.05, 3.63) is 11.1 Å². The van der Waals surface area contributed by atoms with Crippen LogP contribution >= 0.6 is 11.3 Å². The number of nitrogen functional groups attached to an aromatic ring is 1. The van der Waals surface area contributed by atoms with Gasteiger partial charge in [-0.25, -0.2) is 4.98 Å². The molecule has 1 aromatic rings. The number of hydrogen-bond acceptors (Lipinski definition) is 7. The summed E-state index contributed by atoms with van der Waals surface area (Å²) in [4.78, 5) is 16.1. The summed E-state index contributed by atoms with van der Waals surface area (Å²) < 4.78 is 6.03. The van der Waals surface area contributed by atoms with Crippen LogP contribution < -0.4 is 5.73 Å². The molecule has 0 amide bonds. The lowest BCUT2D eigenvalue weighted by molar-refractivity contribution is -0.173. The molecule has 0 saturated carbocycles. The maximum atomic E-state index is 10.3. The van der Waals surface area contributed by atoms with Crippen LogP contribution in [0.15, 0.2) is 6.20 Å². The van der Waals surface area contributed by atoms with Crippen LogP contribution in [0, 0.1) is 0 Å². The Balaban J connectivity index is 0.000000595. The molecule has 7 nitrogen and oxygen atoms in total. The van der Waals surface area contributed by atoms with Gasteiger partial charge in [0.15, 0.2) is 5.13 Å². The Bertz CT molecular complexity index is 513. The predicted octanol–water partition coefficient (Wildman–Crippen LogP) is 1.32. The average Bonchev–Trinajstić information content (AvgIpc) is 2.87. The van der Waals surface area contributed by atoms with Crippen LogP contribution in [0.3, 0.4) is 0 Å². The van der Waals surface area contributed by atoms with Crippen LogP contribution in [0.1, 0.15) is 37.5 Å². The van der Waals surface area contributed by atoms with Gasteiger partial charge in [0.25, 0.3) is 6.47 Å². The van der Waals surface area contributed by atoms with Crippen molar-refractivity contribution in [2.75, 3.05) is 25.4 Å². The molecule has 3 heterocycles. The molecule has 2 fully saturated rings. The lowest BCUT2D eigenvalue weighted by Gasteiger charge is -2.48. The summed E-state index contributed by atoms with van der Waals surface area (Å²) in [6.07, 6.45) is 5.38. The minimum absolute atomic E-state index is 0.106. The number of thiazole rings is 1. The number of anilines is 1. The van der Waals surface area contributed by atoms with Gasteiger partial charge in [0.1, 0.15) is 0 Å². The largest absolute Gasteiger partial charge is 0.483 e. The summed E-state index contributed by atoms with van der Waals surface area (Å²) in [6.45, 7) is 5.30. The minimum Gasteiger partial charge on any atom is -0.483 e. The fourth-order valence-electron chi connectivity index (χ4n) is 3.38. The lowest BCUT2D eigenvalue weighted by Crippen LogP contribution is -2.53. The van der Waals surface area contributed by atoms with Gasteiger partial charge in [-0.3, -0.25) is 9.69 Å². The number of rotatable bonds is 2. The van der Waals surface area contributed by atoms with Crippen molar-refractivity contribution in [2.45, 2.75) is 50.4 Å². The second-order valence-corrected chi connectivity index (χ2v) is 7.65. The van der Waals surface area contributed by atoms with Crippen molar-refractivity contribution < 1.29 is 19.7 Å². The highest BCUT2D eigenvalue weighted by Crippen LogP contribution is 2.39. The van der Waals surface area contributed by atoms with Crippen molar-refractivity contribution in [1.29, 1.82) is 0 Å². The molecule has 4 N–H and O–H groups in total. The molecule has 0 bridgehead atoms. The molecule has 1 atom stereocenters. The Morgan fingerprint density at radius 2 is 2.13 bits per heavy atom. The summed E-state index contributed by atoms with van der Waals surface area (Å²) in [6, 6.07) is 0. The van der Waals surface area contributed by atoms with Gasteiger partial charge in [-0.1, -0.05) is 0 Å². The third-order valence-electron chi connectivity index (χ3n) is 4.47. The van der Waals surface area contributed by atoms with Crippen molar-refractivity contribution in [1.82, 2.24) is 9.88 Å². The molecule has 130 valence electrons. The number of aromatic nitrogens is 1. The van der Waals surface area contributed by atoms with Crippen molar-refractivity contribution in [2.24, 2.45) is 0 Å².